The van der Waals surface area contributed by atoms with Crippen molar-refractivity contribution in [1.29, 1.82) is 0 Å². The lowest BCUT2D eigenvalue weighted by Gasteiger charge is -2.31. The van der Waals surface area contributed by atoms with Crippen molar-refractivity contribution >= 4 is 5.91 Å². The number of likely N-dealkylation sites (tertiary alicyclic amines) is 1. The molecule has 0 spiro atoms. The van der Waals surface area contributed by atoms with Crippen LogP contribution in [0.15, 0.2) is 30.3 Å². The van der Waals surface area contributed by atoms with E-state index in [0.717, 1.165) is 25.9 Å². The number of hydrogen-bond acceptors (Lipinski definition) is 3. The maximum absolute atomic E-state index is 12.3. The Balaban J connectivity index is 1.65. The molecule has 2 fully saturated rings. The first-order valence-electron chi connectivity index (χ1n) is 9.03. The lowest BCUT2D eigenvalue weighted by Crippen LogP contribution is -2.42. The molecule has 2 aliphatic rings. The summed E-state index contributed by atoms with van der Waals surface area (Å²) < 4.78 is 5.49. The van der Waals surface area contributed by atoms with Gasteiger partial charge in [-0.05, 0) is 44.3 Å². The molecule has 1 N–H and O–H groups in total. The monoisotopic (exact) mass is 316 g/mol. The van der Waals surface area contributed by atoms with Crippen LogP contribution in [0.1, 0.15) is 50.1 Å². The van der Waals surface area contributed by atoms with Crippen molar-refractivity contribution in [3.63, 3.8) is 0 Å². The minimum atomic E-state index is -0.240. The fourth-order valence-corrected chi connectivity index (χ4v) is 3.64. The predicted molar refractivity (Wildman–Crippen MR) is 91.2 cm³/mol. The summed E-state index contributed by atoms with van der Waals surface area (Å²) in [6.07, 6.45) is 6.75. The Morgan fingerprint density at radius 1 is 1.13 bits per heavy atom. The van der Waals surface area contributed by atoms with Gasteiger partial charge in [0.2, 0.25) is 5.91 Å². The van der Waals surface area contributed by atoms with Crippen molar-refractivity contribution < 1.29 is 9.53 Å². The number of amides is 1. The minimum Gasteiger partial charge on any atom is -0.368 e. The van der Waals surface area contributed by atoms with E-state index in [-0.39, 0.29) is 18.1 Å². The molecule has 2 aliphatic heterocycles. The quantitative estimate of drug-likeness (QED) is 0.908. The van der Waals surface area contributed by atoms with E-state index in [1.165, 1.54) is 31.2 Å². The third-order valence-corrected chi connectivity index (χ3v) is 4.96. The van der Waals surface area contributed by atoms with Gasteiger partial charge in [0.05, 0.1) is 6.04 Å². The van der Waals surface area contributed by atoms with Gasteiger partial charge in [0.15, 0.2) is 0 Å². The Labute approximate surface area is 139 Å². The number of hydrogen-bond donors (Lipinski definition) is 1. The molecule has 1 aromatic carbocycles. The lowest BCUT2D eigenvalue weighted by molar-refractivity contribution is -0.130. The van der Waals surface area contributed by atoms with E-state index in [2.05, 4.69) is 34.5 Å². The lowest BCUT2D eigenvalue weighted by atomic mass is 10.0. The van der Waals surface area contributed by atoms with E-state index < -0.39 is 0 Å². The van der Waals surface area contributed by atoms with E-state index in [1.807, 2.05) is 6.07 Å². The zero-order valence-corrected chi connectivity index (χ0v) is 13.9. The molecule has 23 heavy (non-hydrogen) atoms. The first-order chi connectivity index (χ1) is 11.3. The van der Waals surface area contributed by atoms with Crippen molar-refractivity contribution in [2.75, 3.05) is 26.2 Å². The van der Waals surface area contributed by atoms with Gasteiger partial charge in [0.25, 0.3) is 0 Å². The van der Waals surface area contributed by atoms with Crippen molar-refractivity contribution in [3.05, 3.63) is 35.9 Å². The topological polar surface area (TPSA) is 41.6 Å². The SMILES string of the molecule is O=C(NC[C@@H](c1ccccc1)N1CCCCCC1)[C@@H]1CCCO1. The van der Waals surface area contributed by atoms with Crippen LogP contribution in [0.4, 0.5) is 0 Å². The third-order valence-electron chi connectivity index (χ3n) is 4.96. The third kappa shape index (κ3) is 4.55. The molecule has 0 radical (unpaired) electrons. The molecule has 2 atom stereocenters. The molecule has 0 bridgehead atoms. The Kier molecular flexibility index (Phi) is 6.06. The largest absolute Gasteiger partial charge is 0.368 e. The highest BCUT2D eigenvalue weighted by Crippen LogP contribution is 2.24. The van der Waals surface area contributed by atoms with E-state index in [4.69, 9.17) is 4.74 Å². The number of ether oxygens (including phenoxy) is 1. The highest BCUT2D eigenvalue weighted by atomic mass is 16.5. The van der Waals surface area contributed by atoms with Crippen molar-refractivity contribution in [2.45, 2.75) is 50.7 Å². The summed E-state index contributed by atoms with van der Waals surface area (Å²) in [5.74, 6) is 0.0539. The zero-order valence-electron chi connectivity index (χ0n) is 13.9. The Morgan fingerprint density at radius 3 is 2.52 bits per heavy atom. The molecule has 0 unspecified atom stereocenters. The first-order valence-corrected chi connectivity index (χ1v) is 9.03. The maximum Gasteiger partial charge on any atom is 0.249 e. The average molecular weight is 316 g/mol. The van der Waals surface area contributed by atoms with Crippen LogP contribution in [-0.2, 0) is 9.53 Å². The van der Waals surface area contributed by atoms with Gasteiger partial charge < -0.3 is 10.1 Å². The molecule has 126 valence electrons. The fourth-order valence-electron chi connectivity index (χ4n) is 3.64. The van der Waals surface area contributed by atoms with Crippen LogP contribution in [0.3, 0.4) is 0 Å². The first kappa shape index (κ1) is 16.5. The second-order valence-corrected chi connectivity index (χ2v) is 6.62. The van der Waals surface area contributed by atoms with Crippen molar-refractivity contribution in [3.8, 4) is 0 Å². The number of carbonyl (C=O) groups is 1. The molecule has 0 aromatic heterocycles. The zero-order chi connectivity index (χ0) is 15.9. The summed E-state index contributed by atoms with van der Waals surface area (Å²) in [4.78, 5) is 14.8. The van der Waals surface area contributed by atoms with Gasteiger partial charge in [0, 0.05) is 13.2 Å². The van der Waals surface area contributed by atoms with Gasteiger partial charge in [-0.15, -0.1) is 0 Å². The predicted octanol–water partition coefficient (Wildman–Crippen LogP) is 2.90. The van der Waals surface area contributed by atoms with Gasteiger partial charge in [-0.25, -0.2) is 0 Å². The van der Waals surface area contributed by atoms with E-state index in [1.54, 1.807) is 0 Å². The van der Waals surface area contributed by atoms with Crippen molar-refractivity contribution in [2.24, 2.45) is 0 Å². The fraction of sp³-hybridized carbons (Fsp3) is 0.632. The van der Waals surface area contributed by atoms with Gasteiger partial charge in [-0.2, -0.15) is 0 Å². The number of benzene rings is 1. The number of nitrogens with one attached hydrogen (secondary N) is 1. The van der Waals surface area contributed by atoms with Gasteiger partial charge in [0.1, 0.15) is 6.10 Å². The molecular weight excluding hydrogens is 288 g/mol. The highest BCUT2D eigenvalue weighted by Gasteiger charge is 2.26. The number of nitrogens with zero attached hydrogens (tertiary/aromatic N) is 1. The van der Waals surface area contributed by atoms with Gasteiger partial charge in [-0.3, -0.25) is 9.69 Å². The smallest absolute Gasteiger partial charge is 0.249 e. The summed E-state index contributed by atoms with van der Waals surface area (Å²) in [5, 5.41) is 3.14. The summed E-state index contributed by atoms with van der Waals surface area (Å²) in [7, 11) is 0. The molecule has 2 heterocycles. The molecule has 1 amide bonds. The van der Waals surface area contributed by atoms with Crippen LogP contribution in [0.2, 0.25) is 0 Å². The molecule has 4 heteroatoms. The summed E-state index contributed by atoms with van der Waals surface area (Å²) >= 11 is 0. The van der Waals surface area contributed by atoms with E-state index in [0.29, 0.717) is 13.2 Å². The molecule has 3 rings (SSSR count). The van der Waals surface area contributed by atoms with Crippen LogP contribution in [-0.4, -0.2) is 43.2 Å². The molecule has 4 nitrogen and oxygen atoms in total. The van der Waals surface area contributed by atoms with Crippen LogP contribution < -0.4 is 5.32 Å². The van der Waals surface area contributed by atoms with Crippen LogP contribution in [0.25, 0.3) is 0 Å². The molecule has 2 saturated heterocycles. The molecular formula is C19H28N2O2. The van der Waals surface area contributed by atoms with Gasteiger partial charge in [-0.1, -0.05) is 43.2 Å². The summed E-state index contributed by atoms with van der Waals surface area (Å²) in [6, 6.07) is 10.8. The number of rotatable bonds is 5. The van der Waals surface area contributed by atoms with Crippen LogP contribution in [0, 0.1) is 0 Å². The van der Waals surface area contributed by atoms with Crippen molar-refractivity contribution in [1.82, 2.24) is 10.2 Å². The maximum atomic E-state index is 12.3. The van der Waals surface area contributed by atoms with E-state index >= 15 is 0 Å². The van der Waals surface area contributed by atoms with Gasteiger partial charge >= 0.3 is 0 Å². The normalized spacial score (nSPS) is 24.1. The summed E-state index contributed by atoms with van der Waals surface area (Å²) in [6.45, 7) is 3.62. The van der Waals surface area contributed by atoms with E-state index in [9.17, 15) is 4.79 Å². The molecule has 0 saturated carbocycles. The minimum absolute atomic E-state index is 0.0539. The summed E-state index contributed by atoms with van der Waals surface area (Å²) in [5.41, 5.74) is 1.29. The van der Waals surface area contributed by atoms with Crippen LogP contribution in [0.5, 0.6) is 0 Å². The Hall–Kier alpha value is -1.39. The molecule has 1 aromatic rings. The number of carbonyl (C=O) groups excluding carboxylic acids is 1. The Bertz CT molecular complexity index is 477. The average Bonchev–Trinajstić information content (AvgIpc) is 3.00. The second-order valence-electron chi connectivity index (χ2n) is 6.62. The molecule has 0 aliphatic carbocycles. The highest BCUT2D eigenvalue weighted by molar-refractivity contribution is 5.81. The second kappa shape index (κ2) is 8.46. The van der Waals surface area contributed by atoms with Crippen LogP contribution >= 0.6 is 0 Å². The standard InChI is InChI=1S/C19H28N2O2/c22-19(18-11-8-14-23-18)20-15-17(16-9-4-3-5-10-16)21-12-6-1-2-7-13-21/h3-5,9-10,17-18H,1-2,6-8,11-15H2,(H,20,22)/t17-,18-/m0/s1. The Morgan fingerprint density at radius 2 is 1.87 bits per heavy atom.